The molecule has 3 aromatic rings. The SMILES string of the molecule is CC(C)(c1ccc2sc(C(=O)Nc3cc(Cl)nc(N4CCN5CCCCC5C4)c3)cc2c1)S(C)(=O)=O. The van der Waals surface area contributed by atoms with E-state index in [1.807, 2.05) is 30.3 Å². The number of nitrogens with one attached hydrogen (secondary N) is 1. The summed E-state index contributed by atoms with van der Waals surface area (Å²) in [6.07, 6.45) is 4.99. The molecule has 1 atom stereocenters. The maximum absolute atomic E-state index is 13.1. The first-order valence-electron chi connectivity index (χ1n) is 12.2. The van der Waals surface area contributed by atoms with Crippen molar-refractivity contribution in [3.05, 3.63) is 52.0 Å². The van der Waals surface area contributed by atoms with E-state index >= 15 is 0 Å². The number of nitrogens with zero attached hydrogens (tertiary/aromatic N) is 3. The van der Waals surface area contributed by atoms with Crippen LogP contribution >= 0.6 is 22.9 Å². The maximum atomic E-state index is 13.1. The first-order chi connectivity index (χ1) is 17.0. The van der Waals surface area contributed by atoms with Crippen LogP contribution in [0.5, 0.6) is 0 Å². The Hall–Kier alpha value is -2.20. The molecule has 2 saturated heterocycles. The first-order valence-corrected chi connectivity index (χ1v) is 15.3. The molecule has 2 fully saturated rings. The Morgan fingerprint density at radius 2 is 1.94 bits per heavy atom. The lowest BCUT2D eigenvalue weighted by molar-refractivity contribution is 0.103. The van der Waals surface area contributed by atoms with E-state index < -0.39 is 14.6 Å². The Morgan fingerprint density at radius 3 is 2.72 bits per heavy atom. The van der Waals surface area contributed by atoms with Gasteiger partial charge in [-0.1, -0.05) is 24.1 Å². The van der Waals surface area contributed by atoms with Crippen molar-refractivity contribution in [3.8, 4) is 0 Å². The molecule has 2 aliphatic heterocycles. The molecule has 4 heterocycles. The summed E-state index contributed by atoms with van der Waals surface area (Å²) in [6, 6.07) is 11.5. The van der Waals surface area contributed by atoms with Gasteiger partial charge in [-0.3, -0.25) is 9.69 Å². The summed E-state index contributed by atoms with van der Waals surface area (Å²) in [5, 5.41) is 4.17. The predicted octanol–water partition coefficient (Wildman–Crippen LogP) is 5.16. The zero-order chi connectivity index (χ0) is 25.7. The van der Waals surface area contributed by atoms with Gasteiger partial charge in [0.2, 0.25) is 0 Å². The Labute approximate surface area is 221 Å². The summed E-state index contributed by atoms with van der Waals surface area (Å²) in [6.45, 7) is 7.39. The Balaban J connectivity index is 1.35. The zero-order valence-corrected chi connectivity index (χ0v) is 23.1. The highest BCUT2D eigenvalue weighted by atomic mass is 35.5. The summed E-state index contributed by atoms with van der Waals surface area (Å²) in [5.41, 5.74) is 1.31. The largest absolute Gasteiger partial charge is 0.354 e. The van der Waals surface area contributed by atoms with Crippen LogP contribution in [0.15, 0.2) is 36.4 Å². The van der Waals surface area contributed by atoms with Crippen LogP contribution in [0.25, 0.3) is 10.1 Å². The fraction of sp³-hybridized carbons (Fsp3) is 0.462. The van der Waals surface area contributed by atoms with Gasteiger partial charge in [0.25, 0.3) is 5.91 Å². The molecule has 1 N–H and O–H groups in total. The average molecular weight is 547 g/mol. The molecule has 36 heavy (non-hydrogen) atoms. The highest BCUT2D eigenvalue weighted by Crippen LogP contribution is 2.34. The van der Waals surface area contributed by atoms with Gasteiger partial charge >= 0.3 is 0 Å². The number of halogens is 1. The van der Waals surface area contributed by atoms with Crippen LogP contribution in [0.1, 0.15) is 48.3 Å². The van der Waals surface area contributed by atoms with E-state index in [2.05, 4.69) is 20.1 Å². The van der Waals surface area contributed by atoms with E-state index in [0.717, 1.165) is 35.5 Å². The molecule has 1 unspecified atom stereocenters. The second kappa shape index (κ2) is 9.59. The van der Waals surface area contributed by atoms with Crippen LogP contribution in [0.2, 0.25) is 5.15 Å². The highest BCUT2D eigenvalue weighted by Gasteiger charge is 2.33. The van der Waals surface area contributed by atoms with Crippen LogP contribution in [-0.4, -0.2) is 62.7 Å². The molecule has 2 aliphatic rings. The van der Waals surface area contributed by atoms with E-state index in [4.69, 9.17) is 11.6 Å². The molecule has 1 aromatic carbocycles. The van der Waals surface area contributed by atoms with Crippen molar-refractivity contribution in [1.82, 2.24) is 9.88 Å². The second-order valence-corrected chi connectivity index (χ2v) is 14.3. The number of thiophene rings is 1. The van der Waals surface area contributed by atoms with Gasteiger partial charge in [0.1, 0.15) is 11.0 Å². The van der Waals surface area contributed by atoms with Gasteiger partial charge in [0, 0.05) is 48.4 Å². The lowest BCUT2D eigenvalue weighted by Crippen LogP contribution is -2.55. The third-order valence-corrected chi connectivity index (χ3v) is 11.0. The van der Waals surface area contributed by atoms with Crippen molar-refractivity contribution in [2.75, 3.05) is 42.7 Å². The van der Waals surface area contributed by atoms with E-state index in [0.29, 0.717) is 27.3 Å². The van der Waals surface area contributed by atoms with Crippen molar-refractivity contribution < 1.29 is 13.2 Å². The van der Waals surface area contributed by atoms with Crippen LogP contribution in [0.4, 0.5) is 11.5 Å². The van der Waals surface area contributed by atoms with Crippen LogP contribution in [0.3, 0.4) is 0 Å². The summed E-state index contributed by atoms with van der Waals surface area (Å²) in [5.74, 6) is 0.553. The summed E-state index contributed by atoms with van der Waals surface area (Å²) >= 11 is 7.73. The van der Waals surface area contributed by atoms with Gasteiger partial charge in [-0.25, -0.2) is 13.4 Å². The minimum Gasteiger partial charge on any atom is -0.354 e. The minimum atomic E-state index is -3.30. The third-order valence-electron chi connectivity index (χ3n) is 7.56. The number of piperidine rings is 1. The first kappa shape index (κ1) is 25.4. The molecule has 1 amide bonds. The molecule has 0 radical (unpaired) electrons. The fourth-order valence-corrected chi connectivity index (χ4v) is 6.72. The number of fused-ring (bicyclic) bond motifs is 2. The number of pyridine rings is 1. The van der Waals surface area contributed by atoms with E-state index in [9.17, 15) is 13.2 Å². The number of sulfone groups is 1. The lowest BCUT2D eigenvalue weighted by atomic mass is 9.99. The van der Waals surface area contributed by atoms with Crippen molar-refractivity contribution in [1.29, 1.82) is 0 Å². The number of hydrogen-bond acceptors (Lipinski definition) is 7. The second-order valence-electron chi connectivity index (χ2n) is 10.3. The number of benzene rings is 1. The quantitative estimate of drug-likeness (QED) is 0.445. The van der Waals surface area contributed by atoms with Crippen molar-refractivity contribution in [2.24, 2.45) is 0 Å². The molecule has 0 aliphatic carbocycles. The van der Waals surface area contributed by atoms with Crippen molar-refractivity contribution in [2.45, 2.75) is 43.9 Å². The monoisotopic (exact) mass is 546 g/mol. The maximum Gasteiger partial charge on any atom is 0.265 e. The van der Waals surface area contributed by atoms with E-state index in [-0.39, 0.29) is 5.91 Å². The number of carbonyl (C=O) groups excluding carboxylic acids is 1. The fourth-order valence-electron chi connectivity index (χ4n) is 5.02. The number of rotatable bonds is 5. The van der Waals surface area contributed by atoms with Crippen LogP contribution in [0, 0.1) is 0 Å². The molecule has 5 rings (SSSR count). The molecule has 0 bridgehead atoms. The van der Waals surface area contributed by atoms with Gasteiger partial charge in [-0.15, -0.1) is 11.3 Å². The molecule has 0 saturated carbocycles. The lowest BCUT2D eigenvalue weighted by Gasteiger charge is -2.44. The standard InChI is InChI=1S/C26H31ClN4O3S2/c1-26(2,36(3,33)34)18-7-8-21-17(12-18)13-22(35-21)25(32)28-19-14-23(27)29-24(15-19)31-11-10-30-9-5-4-6-20(30)16-31/h7-8,12-15,20H,4-6,9-11,16H2,1-3H3,(H,28,29,32). The van der Waals surface area contributed by atoms with E-state index in [1.165, 1.54) is 43.4 Å². The van der Waals surface area contributed by atoms with Crippen LogP contribution < -0.4 is 10.2 Å². The molecule has 0 spiro atoms. The molecule has 192 valence electrons. The van der Waals surface area contributed by atoms with Gasteiger partial charge < -0.3 is 10.2 Å². The number of amides is 1. The molecule has 2 aromatic heterocycles. The summed E-state index contributed by atoms with van der Waals surface area (Å²) in [7, 11) is -3.30. The topological polar surface area (TPSA) is 82.6 Å². The van der Waals surface area contributed by atoms with Gasteiger partial charge in [0.15, 0.2) is 9.84 Å². The van der Waals surface area contributed by atoms with E-state index in [1.54, 1.807) is 19.9 Å². The summed E-state index contributed by atoms with van der Waals surface area (Å²) < 4.78 is 24.4. The molecular formula is C26H31ClN4O3S2. The normalized spacial score (nSPS) is 19.3. The van der Waals surface area contributed by atoms with Gasteiger partial charge in [-0.05, 0) is 68.4 Å². The highest BCUT2D eigenvalue weighted by molar-refractivity contribution is 7.91. The smallest absolute Gasteiger partial charge is 0.265 e. The van der Waals surface area contributed by atoms with Gasteiger partial charge in [0.05, 0.1) is 9.62 Å². The molecule has 10 heteroatoms. The number of carbonyl (C=O) groups is 1. The Kier molecular flexibility index (Phi) is 6.78. The zero-order valence-electron chi connectivity index (χ0n) is 20.8. The van der Waals surface area contributed by atoms with Crippen molar-refractivity contribution >= 4 is 60.3 Å². The van der Waals surface area contributed by atoms with Gasteiger partial charge in [-0.2, -0.15) is 0 Å². The minimum absolute atomic E-state index is 0.231. The summed E-state index contributed by atoms with van der Waals surface area (Å²) in [4.78, 5) is 23.0. The Bertz CT molecular complexity index is 1420. The predicted molar refractivity (Wildman–Crippen MR) is 148 cm³/mol. The molecular weight excluding hydrogens is 516 g/mol. The molecule has 7 nitrogen and oxygen atoms in total. The number of aromatic nitrogens is 1. The van der Waals surface area contributed by atoms with Crippen LogP contribution in [-0.2, 0) is 14.6 Å². The number of piperazine rings is 1. The third kappa shape index (κ3) is 4.98. The Morgan fingerprint density at radius 1 is 1.14 bits per heavy atom. The number of hydrogen-bond donors (Lipinski definition) is 1. The number of anilines is 2. The average Bonchev–Trinajstić information content (AvgIpc) is 3.26. The van der Waals surface area contributed by atoms with Crippen molar-refractivity contribution in [3.63, 3.8) is 0 Å².